The summed E-state index contributed by atoms with van der Waals surface area (Å²) in [6.45, 7) is 8.79. The molecule has 1 heterocycles. The van der Waals surface area contributed by atoms with Gasteiger partial charge >= 0.3 is 0 Å². The van der Waals surface area contributed by atoms with Crippen LogP contribution in [0.15, 0.2) is 46.8 Å². The van der Waals surface area contributed by atoms with Gasteiger partial charge in [0.25, 0.3) is 0 Å². The van der Waals surface area contributed by atoms with Gasteiger partial charge in [0.05, 0.1) is 0 Å². The molecule has 2 aliphatic rings. The summed E-state index contributed by atoms with van der Waals surface area (Å²) in [5, 5.41) is 2.95. The van der Waals surface area contributed by atoms with E-state index in [-0.39, 0.29) is 0 Å². The molecule has 0 nitrogen and oxygen atoms in total. The third kappa shape index (κ3) is 1.82. The molecule has 0 radical (unpaired) electrons. The highest BCUT2D eigenvalue weighted by molar-refractivity contribution is 7.47. The van der Waals surface area contributed by atoms with Crippen LogP contribution in [0.2, 0.25) is 0 Å². The van der Waals surface area contributed by atoms with Gasteiger partial charge in [-0.1, -0.05) is 37.5 Å². The Hall–Kier alpha value is -1.39. The lowest BCUT2D eigenvalue weighted by Gasteiger charge is -2.06. The van der Waals surface area contributed by atoms with E-state index in [0.29, 0.717) is 0 Å². The number of hydrogen-bond acceptors (Lipinski definition) is 0. The largest absolute Gasteiger partial charge is 0.0642 e. The maximum Gasteiger partial charge on any atom is 0.0129 e. The van der Waals surface area contributed by atoms with Crippen molar-refractivity contribution in [2.75, 3.05) is 0 Å². The van der Waals surface area contributed by atoms with Gasteiger partial charge in [-0.25, -0.2) is 0 Å². The average Bonchev–Trinajstić information content (AvgIpc) is 2.77. The van der Waals surface area contributed by atoms with E-state index in [4.69, 9.17) is 0 Å². The zero-order chi connectivity index (χ0) is 12.9. The Balaban J connectivity index is 2.21. The average molecular weight is 252 g/mol. The molecule has 18 heavy (non-hydrogen) atoms. The van der Waals surface area contributed by atoms with Crippen molar-refractivity contribution in [2.24, 2.45) is 0 Å². The normalized spacial score (nSPS) is 18.6. The predicted molar refractivity (Wildman–Crippen MR) is 82.3 cm³/mol. The van der Waals surface area contributed by atoms with E-state index in [1.807, 2.05) is 0 Å². The first-order chi connectivity index (χ1) is 8.54. The summed E-state index contributed by atoms with van der Waals surface area (Å²) in [7, 11) is 1.39. The van der Waals surface area contributed by atoms with E-state index in [9.17, 15) is 0 Å². The van der Waals surface area contributed by atoms with Crippen molar-refractivity contribution < 1.29 is 0 Å². The first kappa shape index (κ1) is 11.7. The Labute approximate surface area is 111 Å². The van der Waals surface area contributed by atoms with Gasteiger partial charge in [-0.15, -0.1) is 0 Å². The molecule has 0 fully saturated rings. The summed E-state index contributed by atoms with van der Waals surface area (Å²) in [6.07, 6.45) is 4.69. The second-order valence-electron chi connectivity index (χ2n) is 5.28. The van der Waals surface area contributed by atoms with Crippen LogP contribution in [0, 0.1) is 13.8 Å². The fourth-order valence-electron chi connectivity index (χ4n) is 2.78. The molecular formula is C17H17P. The number of hydrogen-bond donors (Lipinski definition) is 0. The number of rotatable bonds is 1. The van der Waals surface area contributed by atoms with Gasteiger partial charge in [-0.3, -0.25) is 0 Å². The Morgan fingerprint density at radius 2 is 1.44 bits per heavy atom. The summed E-state index contributed by atoms with van der Waals surface area (Å²) < 4.78 is 0. The third-order valence-corrected chi connectivity index (χ3v) is 4.75. The number of aryl methyl sites for hydroxylation is 2. The molecule has 1 aromatic carbocycles. The summed E-state index contributed by atoms with van der Waals surface area (Å²) >= 11 is 0. The van der Waals surface area contributed by atoms with E-state index >= 15 is 0 Å². The Kier molecular flexibility index (Phi) is 2.64. The molecule has 1 heteroatoms. The first-order valence-electron chi connectivity index (χ1n) is 6.33. The zero-order valence-electron chi connectivity index (χ0n) is 11.3. The molecular weight excluding hydrogens is 235 g/mol. The molecule has 0 saturated carbocycles. The van der Waals surface area contributed by atoms with Gasteiger partial charge in [0.1, 0.15) is 0 Å². The van der Waals surface area contributed by atoms with Gasteiger partial charge in [-0.05, 0) is 67.4 Å². The van der Waals surface area contributed by atoms with Crippen LogP contribution in [0.25, 0.3) is 5.57 Å². The third-order valence-electron chi connectivity index (χ3n) is 3.45. The van der Waals surface area contributed by atoms with Crippen LogP contribution in [0.1, 0.15) is 30.5 Å². The van der Waals surface area contributed by atoms with Crippen molar-refractivity contribution in [2.45, 2.75) is 27.7 Å². The fourth-order valence-corrected chi connectivity index (χ4v) is 3.88. The highest BCUT2D eigenvalue weighted by Gasteiger charge is 2.22. The lowest BCUT2D eigenvalue weighted by atomic mass is 9.98. The van der Waals surface area contributed by atoms with Crippen LogP contribution >= 0.6 is 8.20 Å². The van der Waals surface area contributed by atoms with Crippen molar-refractivity contribution >= 4 is 19.1 Å². The van der Waals surface area contributed by atoms with Crippen LogP contribution in [-0.4, -0.2) is 5.29 Å². The van der Waals surface area contributed by atoms with E-state index in [1.54, 1.807) is 0 Å². The summed E-state index contributed by atoms with van der Waals surface area (Å²) in [5.74, 6) is 0. The van der Waals surface area contributed by atoms with Gasteiger partial charge in [0.15, 0.2) is 0 Å². The summed E-state index contributed by atoms with van der Waals surface area (Å²) in [5.41, 5.74) is 8.31. The van der Waals surface area contributed by atoms with Crippen molar-refractivity contribution in [3.63, 3.8) is 0 Å². The minimum atomic E-state index is 1.34. The van der Waals surface area contributed by atoms with Crippen LogP contribution in [0.5, 0.6) is 0 Å². The molecule has 0 aromatic heterocycles. The lowest BCUT2D eigenvalue weighted by Crippen LogP contribution is -1.92. The molecule has 0 bridgehead atoms. The van der Waals surface area contributed by atoms with Gasteiger partial charge in [-0.2, -0.15) is 0 Å². The Morgan fingerprint density at radius 1 is 0.778 bits per heavy atom. The molecule has 0 N–H and O–H groups in total. The molecule has 1 aromatic rings. The van der Waals surface area contributed by atoms with Gasteiger partial charge in [0, 0.05) is 5.29 Å². The van der Waals surface area contributed by atoms with Crippen LogP contribution in [0.3, 0.4) is 0 Å². The van der Waals surface area contributed by atoms with Crippen molar-refractivity contribution in [1.29, 1.82) is 0 Å². The quantitative estimate of drug-likeness (QED) is 0.613. The fraction of sp³-hybridized carbons (Fsp3) is 0.235. The maximum atomic E-state index is 2.34. The number of allylic oxidation sites excluding steroid dienone is 6. The minimum absolute atomic E-state index is 1.34. The van der Waals surface area contributed by atoms with Gasteiger partial charge < -0.3 is 0 Å². The molecule has 1 aliphatic heterocycles. The smallest absolute Gasteiger partial charge is 0.0129 e. The summed E-state index contributed by atoms with van der Waals surface area (Å²) in [4.78, 5) is 0. The Bertz CT molecular complexity index is 647. The predicted octanol–water partition coefficient (Wildman–Crippen LogP) is 5.05. The highest BCUT2D eigenvalue weighted by Crippen LogP contribution is 2.41. The highest BCUT2D eigenvalue weighted by atomic mass is 31.1. The van der Waals surface area contributed by atoms with Crippen LogP contribution < -0.4 is 0 Å². The van der Waals surface area contributed by atoms with E-state index in [0.717, 1.165) is 0 Å². The molecule has 0 saturated heterocycles. The molecule has 0 unspecified atom stereocenters. The van der Waals surface area contributed by atoms with Crippen molar-refractivity contribution in [3.05, 3.63) is 63.5 Å². The van der Waals surface area contributed by atoms with E-state index < -0.39 is 0 Å². The van der Waals surface area contributed by atoms with Crippen LogP contribution in [-0.2, 0) is 0 Å². The Morgan fingerprint density at radius 3 is 2.11 bits per heavy atom. The maximum absolute atomic E-state index is 2.34. The second-order valence-corrected chi connectivity index (χ2v) is 6.65. The standard InChI is InChI=1S/C17H17P/c1-10-5-11(2)7-14(6-10)15-8-12(3)17-16(15)9-13(4)18-17/h5-9H,1-4H3. The number of benzene rings is 1. The molecule has 0 atom stereocenters. The topological polar surface area (TPSA) is 0 Å². The number of fused-ring (bicyclic) bond motifs is 1. The molecule has 0 spiro atoms. The SMILES string of the molecule is CC1=CC2=C(c3cc(C)cc(C)c3)C=C(C)C2=P1. The molecule has 1 aliphatic carbocycles. The lowest BCUT2D eigenvalue weighted by molar-refractivity contribution is 1.37. The monoisotopic (exact) mass is 252 g/mol. The van der Waals surface area contributed by atoms with Crippen molar-refractivity contribution in [3.8, 4) is 0 Å². The van der Waals surface area contributed by atoms with Crippen molar-refractivity contribution in [1.82, 2.24) is 0 Å². The first-order valence-corrected chi connectivity index (χ1v) is 7.23. The molecule has 90 valence electrons. The minimum Gasteiger partial charge on any atom is -0.0642 e. The van der Waals surface area contributed by atoms with E-state index in [1.165, 1.54) is 52.2 Å². The second kappa shape index (κ2) is 4.07. The summed E-state index contributed by atoms with van der Waals surface area (Å²) in [6, 6.07) is 6.82. The molecule has 3 rings (SSSR count). The zero-order valence-corrected chi connectivity index (χ0v) is 12.2. The van der Waals surface area contributed by atoms with Crippen LogP contribution in [0.4, 0.5) is 0 Å². The van der Waals surface area contributed by atoms with E-state index in [2.05, 4.69) is 58.0 Å². The van der Waals surface area contributed by atoms with Gasteiger partial charge in [0.2, 0.25) is 0 Å². The molecule has 0 amide bonds.